The van der Waals surface area contributed by atoms with Gasteiger partial charge in [0.05, 0.1) is 25.3 Å². The number of amides is 1. The summed E-state index contributed by atoms with van der Waals surface area (Å²) >= 11 is 1.80. The Morgan fingerprint density at radius 3 is 2.61 bits per heavy atom. The molecule has 0 spiro atoms. The minimum atomic E-state index is -0.439. The molecule has 2 aromatic carbocycles. The molecule has 9 nitrogen and oxygen atoms in total. The van der Waals surface area contributed by atoms with E-state index in [9.17, 15) is 9.59 Å². The largest absolute Gasteiger partial charge is 0.494 e. The number of carbonyl (C=O) groups excluding carboxylic acids is 1. The van der Waals surface area contributed by atoms with Gasteiger partial charge < -0.3 is 24.0 Å². The van der Waals surface area contributed by atoms with Crippen LogP contribution < -0.4 is 15.2 Å². The van der Waals surface area contributed by atoms with E-state index in [2.05, 4.69) is 39.4 Å². The van der Waals surface area contributed by atoms with Gasteiger partial charge in [0.2, 0.25) is 0 Å². The van der Waals surface area contributed by atoms with E-state index in [-0.39, 0.29) is 12.3 Å². The van der Waals surface area contributed by atoms with Crippen molar-refractivity contribution in [1.82, 2.24) is 14.4 Å². The number of anilines is 1. The molecule has 216 valence electrons. The molecule has 2 saturated heterocycles. The fraction of sp³-hybridized carbons (Fsp3) is 0.419. The summed E-state index contributed by atoms with van der Waals surface area (Å²) in [5.74, 6) is 0.701. The molecule has 0 radical (unpaired) electrons. The number of rotatable bonds is 9. The van der Waals surface area contributed by atoms with E-state index in [0.29, 0.717) is 44.2 Å². The third-order valence-corrected chi connectivity index (χ3v) is 8.76. The molecule has 2 fully saturated rings. The number of aromatic nitrogens is 1. The van der Waals surface area contributed by atoms with Crippen molar-refractivity contribution in [2.75, 3.05) is 70.5 Å². The van der Waals surface area contributed by atoms with E-state index in [1.54, 1.807) is 22.3 Å². The van der Waals surface area contributed by atoms with Gasteiger partial charge in [0.25, 0.3) is 5.56 Å². The molecule has 6 rings (SSSR count). The van der Waals surface area contributed by atoms with Crippen LogP contribution in [0.2, 0.25) is 0 Å². The van der Waals surface area contributed by atoms with E-state index < -0.39 is 6.09 Å². The zero-order chi connectivity index (χ0) is 28.0. The van der Waals surface area contributed by atoms with Crippen LogP contribution in [0.25, 0.3) is 21.0 Å². The van der Waals surface area contributed by atoms with Crippen molar-refractivity contribution in [3.8, 4) is 5.75 Å². The van der Waals surface area contributed by atoms with Crippen LogP contribution in [-0.4, -0.2) is 86.1 Å². The van der Waals surface area contributed by atoms with Gasteiger partial charge in [-0.05, 0) is 66.6 Å². The Morgan fingerprint density at radius 1 is 0.927 bits per heavy atom. The molecular formula is C31H36N4O5S. The fourth-order valence-corrected chi connectivity index (χ4v) is 6.35. The van der Waals surface area contributed by atoms with Crippen molar-refractivity contribution in [3.63, 3.8) is 0 Å². The number of piperazine rings is 1. The first-order chi connectivity index (χ1) is 20.2. The van der Waals surface area contributed by atoms with Crippen LogP contribution >= 0.6 is 11.3 Å². The van der Waals surface area contributed by atoms with Crippen molar-refractivity contribution in [1.29, 1.82) is 0 Å². The average molecular weight is 577 g/mol. The minimum Gasteiger partial charge on any atom is -0.494 e. The highest BCUT2D eigenvalue weighted by molar-refractivity contribution is 7.17. The zero-order valence-electron chi connectivity index (χ0n) is 23.2. The lowest BCUT2D eigenvalue weighted by atomic mass is 10.2. The Bertz CT molecular complexity index is 1540. The van der Waals surface area contributed by atoms with Crippen LogP contribution in [0.15, 0.2) is 64.8 Å². The Hall–Kier alpha value is -3.60. The first kappa shape index (κ1) is 27.6. The Morgan fingerprint density at radius 2 is 1.76 bits per heavy atom. The Labute approximate surface area is 243 Å². The molecule has 0 N–H and O–H groups in total. The quantitative estimate of drug-likeness (QED) is 0.269. The summed E-state index contributed by atoms with van der Waals surface area (Å²) in [4.78, 5) is 31.7. The van der Waals surface area contributed by atoms with E-state index in [4.69, 9.17) is 14.2 Å². The average Bonchev–Trinajstić information content (AvgIpc) is 3.50. The van der Waals surface area contributed by atoms with Crippen molar-refractivity contribution in [2.45, 2.75) is 19.6 Å². The lowest BCUT2D eigenvalue weighted by molar-refractivity contribution is 0.0180. The van der Waals surface area contributed by atoms with Crippen LogP contribution in [0.4, 0.5) is 10.5 Å². The lowest BCUT2D eigenvalue weighted by Crippen LogP contribution is -2.46. The summed E-state index contributed by atoms with van der Waals surface area (Å²) < 4.78 is 19.6. The molecule has 4 aromatic rings. The van der Waals surface area contributed by atoms with E-state index in [1.165, 1.54) is 26.4 Å². The molecule has 2 aliphatic heterocycles. The molecule has 0 atom stereocenters. The lowest BCUT2D eigenvalue weighted by Gasteiger charge is -2.36. The van der Waals surface area contributed by atoms with Crippen molar-refractivity contribution < 1.29 is 19.0 Å². The number of unbranched alkanes of at least 4 members (excludes halogenated alkanes) is 1. The van der Waals surface area contributed by atoms with E-state index >= 15 is 0 Å². The van der Waals surface area contributed by atoms with Gasteiger partial charge in [-0.15, -0.1) is 11.3 Å². The fourth-order valence-electron chi connectivity index (χ4n) is 5.54. The summed E-state index contributed by atoms with van der Waals surface area (Å²) in [5, 5.41) is 4.42. The van der Waals surface area contributed by atoms with Crippen molar-refractivity contribution in [2.24, 2.45) is 0 Å². The van der Waals surface area contributed by atoms with Crippen LogP contribution in [0.5, 0.6) is 5.75 Å². The maximum absolute atomic E-state index is 12.6. The third-order valence-electron chi connectivity index (χ3n) is 7.87. The summed E-state index contributed by atoms with van der Waals surface area (Å²) in [6, 6.07) is 17.8. The molecule has 1 amide bonds. The summed E-state index contributed by atoms with van der Waals surface area (Å²) in [6.07, 6.45) is 1.58. The van der Waals surface area contributed by atoms with Gasteiger partial charge in [0.1, 0.15) is 5.75 Å². The van der Waals surface area contributed by atoms with Gasteiger partial charge in [0.15, 0.2) is 6.73 Å². The molecule has 0 saturated carbocycles. The standard InChI is InChI=1S/C31H36N4O5S/c36-30-9-7-24-6-8-25(22-28(24)35(30)23-40-31(37)34-16-19-38-20-17-34)39-18-2-1-11-32-12-14-33(15-13-32)27-4-3-5-29-26(27)10-21-41-29/h3-10,21-22H,1-2,11-20,23H2. The Kier molecular flexibility index (Phi) is 8.69. The molecule has 0 bridgehead atoms. The summed E-state index contributed by atoms with van der Waals surface area (Å²) in [7, 11) is 0. The molecule has 0 aliphatic carbocycles. The monoisotopic (exact) mass is 576 g/mol. The normalized spacial score (nSPS) is 16.4. The highest BCUT2D eigenvalue weighted by atomic mass is 32.1. The van der Waals surface area contributed by atoms with Crippen molar-refractivity contribution >= 4 is 44.1 Å². The van der Waals surface area contributed by atoms with Crippen LogP contribution in [0.1, 0.15) is 12.8 Å². The van der Waals surface area contributed by atoms with Crippen molar-refractivity contribution in [3.05, 3.63) is 70.3 Å². The maximum atomic E-state index is 12.6. The number of hydrogen-bond donors (Lipinski definition) is 0. The molecular weight excluding hydrogens is 540 g/mol. The van der Waals surface area contributed by atoms with Gasteiger partial charge in [-0.2, -0.15) is 0 Å². The molecule has 2 aliphatic rings. The zero-order valence-corrected chi connectivity index (χ0v) is 24.0. The third kappa shape index (κ3) is 6.50. The molecule has 4 heterocycles. The molecule has 0 unspecified atom stereocenters. The number of carbonyl (C=O) groups is 1. The number of ether oxygens (including phenoxy) is 3. The first-order valence-corrected chi connectivity index (χ1v) is 15.2. The van der Waals surface area contributed by atoms with Gasteiger partial charge in [0, 0.05) is 67.2 Å². The van der Waals surface area contributed by atoms with Gasteiger partial charge in [-0.25, -0.2) is 4.79 Å². The predicted molar refractivity (Wildman–Crippen MR) is 162 cm³/mol. The highest BCUT2D eigenvalue weighted by Crippen LogP contribution is 2.31. The van der Waals surface area contributed by atoms with E-state index in [0.717, 1.165) is 51.0 Å². The number of nitrogens with zero attached hydrogens (tertiary/aromatic N) is 4. The number of thiophene rings is 1. The topological polar surface area (TPSA) is 76.5 Å². The second kappa shape index (κ2) is 12.9. The van der Waals surface area contributed by atoms with Crippen LogP contribution in [0.3, 0.4) is 0 Å². The van der Waals surface area contributed by atoms with Crippen LogP contribution in [-0.2, 0) is 16.2 Å². The van der Waals surface area contributed by atoms with Crippen LogP contribution in [0, 0.1) is 0 Å². The van der Waals surface area contributed by atoms with Gasteiger partial charge >= 0.3 is 6.09 Å². The highest BCUT2D eigenvalue weighted by Gasteiger charge is 2.20. The molecule has 10 heteroatoms. The number of fused-ring (bicyclic) bond motifs is 2. The minimum absolute atomic E-state index is 0.147. The maximum Gasteiger partial charge on any atom is 0.411 e. The molecule has 41 heavy (non-hydrogen) atoms. The SMILES string of the molecule is O=C(OCn1c(=O)ccc2ccc(OCCCCN3CCN(c4cccc5sccc45)CC3)cc21)N1CCOCC1. The number of pyridine rings is 1. The molecule has 2 aromatic heterocycles. The number of morpholine rings is 1. The van der Waals surface area contributed by atoms with Gasteiger partial charge in [-0.3, -0.25) is 14.3 Å². The summed E-state index contributed by atoms with van der Waals surface area (Å²) in [5.41, 5.74) is 1.81. The Balaban J connectivity index is 0.968. The number of hydrogen-bond acceptors (Lipinski definition) is 8. The second-order valence-electron chi connectivity index (χ2n) is 10.5. The summed E-state index contributed by atoms with van der Waals surface area (Å²) in [6.45, 7) is 7.72. The first-order valence-electron chi connectivity index (χ1n) is 14.4. The predicted octanol–water partition coefficient (Wildman–Crippen LogP) is 4.62. The second-order valence-corrected chi connectivity index (χ2v) is 11.4. The number of benzene rings is 2. The smallest absolute Gasteiger partial charge is 0.411 e. The van der Waals surface area contributed by atoms with Gasteiger partial charge in [-0.1, -0.05) is 6.07 Å². The van der Waals surface area contributed by atoms with E-state index in [1.807, 2.05) is 18.2 Å².